The van der Waals surface area contributed by atoms with Crippen molar-refractivity contribution >= 4 is 17.4 Å². The molecule has 6 heteroatoms. The van der Waals surface area contributed by atoms with Crippen molar-refractivity contribution in [2.24, 2.45) is 5.92 Å². The Morgan fingerprint density at radius 3 is 2.66 bits per heavy atom. The van der Waals surface area contributed by atoms with Crippen molar-refractivity contribution in [2.75, 3.05) is 18.4 Å². The number of aromatic nitrogens is 3. The standard InChI is InChI=1S/C23H23N5O/c29-23(16-8-9-16)28-12-10-18(15-28)22-26-20(17-5-4-11-24-14-17)13-21(27-22)25-19-6-2-1-3-7-19/h1-7,11,13-14,16,18H,8-10,12,15H2,(H,25,26,27)/t18-/m0/s1. The van der Waals surface area contributed by atoms with Gasteiger partial charge in [0.2, 0.25) is 5.91 Å². The van der Waals surface area contributed by atoms with Crippen LogP contribution in [0.5, 0.6) is 0 Å². The monoisotopic (exact) mass is 385 g/mol. The summed E-state index contributed by atoms with van der Waals surface area (Å²) in [5.74, 6) is 2.26. The molecule has 1 saturated carbocycles. The summed E-state index contributed by atoms with van der Waals surface area (Å²) in [6, 6.07) is 15.9. The molecule has 1 aromatic carbocycles. The average molecular weight is 385 g/mol. The van der Waals surface area contributed by atoms with Gasteiger partial charge in [0.25, 0.3) is 0 Å². The summed E-state index contributed by atoms with van der Waals surface area (Å²) in [5, 5.41) is 3.39. The summed E-state index contributed by atoms with van der Waals surface area (Å²) in [7, 11) is 0. The first-order valence-corrected chi connectivity index (χ1v) is 10.2. The molecule has 0 bridgehead atoms. The molecule has 1 N–H and O–H groups in total. The zero-order valence-corrected chi connectivity index (χ0v) is 16.2. The van der Waals surface area contributed by atoms with Crippen LogP contribution in [0.2, 0.25) is 0 Å². The van der Waals surface area contributed by atoms with Crippen molar-refractivity contribution in [1.82, 2.24) is 19.9 Å². The maximum absolute atomic E-state index is 12.4. The molecule has 0 spiro atoms. The number of pyridine rings is 1. The number of hydrogen-bond donors (Lipinski definition) is 1. The van der Waals surface area contributed by atoms with Crippen molar-refractivity contribution in [3.05, 3.63) is 66.7 Å². The number of anilines is 2. The van der Waals surface area contributed by atoms with Gasteiger partial charge < -0.3 is 10.2 Å². The number of benzene rings is 1. The van der Waals surface area contributed by atoms with Gasteiger partial charge in [-0.1, -0.05) is 18.2 Å². The Balaban J connectivity index is 1.45. The third-order valence-electron chi connectivity index (χ3n) is 5.54. The molecule has 1 aliphatic carbocycles. The number of carbonyl (C=O) groups excluding carboxylic acids is 1. The van der Waals surface area contributed by atoms with Gasteiger partial charge in [-0.15, -0.1) is 0 Å². The highest BCUT2D eigenvalue weighted by Crippen LogP contribution is 2.35. The lowest BCUT2D eigenvalue weighted by molar-refractivity contribution is -0.131. The van der Waals surface area contributed by atoms with Crippen LogP contribution in [0.1, 0.15) is 31.0 Å². The van der Waals surface area contributed by atoms with E-state index in [1.807, 2.05) is 59.6 Å². The number of amides is 1. The predicted octanol–water partition coefficient (Wildman–Crippen LogP) is 4.01. The highest BCUT2D eigenvalue weighted by atomic mass is 16.2. The SMILES string of the molecule is O=C(C1CC1)N1CC[C@H](c2nc(Nc3ccccc3)cc(-c3cccnc3)n2)C1. The van der Waals surface area contributed by atoms with Crippen molar-refractivity contribution < 1.29 is 4.79 Å². The molecule has 5 rings (SSSR count). The molecule has 6 nitrogen and oxygen atoms in total. The van der Waals surface area contributed by atoms with Crippen LogP contribution in [0.4, 0.5) is 11.5 Å². The molecule has 0 unspecified atom stereocenters. The van der Waals surface area contributed by atoms with E-state index < -0.39 is 0 Å². The second-order valence-corrected chi connectivity index (χ2v) is 7.77. The van der Waals surface area contributed by atoms with Gasteiger partial charge in [-0.05, 0) is 43.5 Å². The van der Waals surface area contributed by atoms with Gasteiger partial charge in [-0.2, -0.15) is 0 Å². The highest BCUT2D eigenvalue weighted by molar-refractivity contribution is 5.81. The molecule has 1 aliphatic heterocycles. The fourth-order valence-electron chi connectivity index (χ4n) is 3.80. The lowest BCUT2D eigenvalue weighted by atomic mass is 10.1. The fraction of sp³-hybridized carbons (Fsp3) is 0.304. The van der Waals surface area contributed by atoms with Crippen LogP contribution in [0, 0.1) is 5.92 Å². The Morgan fingerprint density at radius 1 is 1.03 bits per heavy atom. The Morgan fingerprint density at radius 2 is 1.90 bits per heavy atom. The summed E-state index contributed by atoms with van der Waals surface area (Å²) in [5.41, 5.74) is 2.77. The van der Waals surface area contributed by atoms with Crippen molar-refractivity contribution in [1.29, 1.82) is 0 Å². The molecule has 3 aromatic rings. The zero-order chi connectivity index (χ0) is 19.6. The van der Waals surface area contributed by atoms with Crippen LogP contribution in [0.15, 0.2) is 60.9 Å². The number of hydrogen-bond acceptors (Lipinski definition) is 5. The molecule has 3 heterocycles. The molecule has 2 aromatic heterocycles. The molecule has 2 fully saturated rings. The molecular weight excluding hydrogens is 362 g/mol. The quantitative estimate of drug-likeness (QED) is 0.719. The minimum Gasteiger partial charge on any atom is -0.342 e. The van der Waals surface area contributed by atoms with E-state index in [-0.39, 0.29) is 11.8 Å². The Bertz CT molecular complexity index is 1000. The van der Waals surface area contributed by atoms with Gasteiger partial charge in [0.15, 0.2) is 0 Å². The molecule has 146 valence electrons. The molecule has 29 heavy (non-hydrogen) atoms. The van der Waals surface area contributed by atoms with E-state index in [4.69, 9.17) is 9.97 Å². The molecule has 1 saturated heterocycles. The van der Waals surface area contributed by atoms with E-state index in [1.165, 1.54) is 0 Å². The second-order valence-electron chi connectivity index (χ2n) is 7.77. The van der Waals surface area contributed by atoms with Crippen LogP contribution in [-0.2, 0) is 4.79 Å². The van der Waals surface area contributed by atoms with E-state index in [1.54, 1.807) is 6.20 Å². The van der Waals surface area contributed by atoms with Gasteiger partial charge in [-0.3, -0.25) is 9.78 Å². The first kappa shape index (κ1) is 17.8. The van der Waals surface area contributed by atoms with E-state index in [2.05, 4.69) is 10.3 Å². The largest absolute Gasteiger partial charge is 0.342 e. The minimum atomic E-state index is 0.158. The van der Waals surface area contributed by atoms with Crippen LogP contribution < -0.4 is 5.32 Å². The maximum Gasteiger partial charge on any atom is 0.225 e. The van der Waals surface area contributed by atoms with Crippen LogP contribution in [0.25, 0.3) is 11.3 Å². The second kappa shape index (κ2) is 7.62. The molecule has 1 atom stereocenters. The molecule has 1 amide bonds. The van der Waals surface area contributed by atoms with Crippen LogP contribution in [-0.4, -0.2) is 38.8 Å². The first-order valence-electron chi connectivity index (χ1n) is 10.2. The van der Waals surface area contributed by atoms with Crippen LogP contribution >= 0.6 is 0 Å². The number of carbonyl (C=O) groups is 1. The molecular formula is C23H23N5O. The summed E-state index contributed by atoms with van der Waals surface area (Å²) >= 11 is 0. The number of para-hydroxylation sites is 1. The number of rotatable bonds is 5. The average Bonchev–Trinajstić information content (AvgIpc) is 3.50. The first-order chi connectivity index (χ1) is 14.3. The predicted molar refractivity (Wildman–Crippen MR) is 112 cm³/mol. The Kier molecular flexibility index (Phi) is 4.68. The molecule has 0 radical (unpaired) electrons. The van der Waals surface area contributed by atoms with Gasteiger partial charge in [0.05, 0.1) is 5.69 Å². The smallest absolute Gasteiger partial charge is 0.225 e. The van der Waals surface area contributed by atoms with Crippen molar-refractivity contribution in [3.63, 3.8) is 0 Å². The number of nitrogens with zero attached hydrogens (tertiary/aromatic N) is 4. The van der Waals surface area contributed by atoms with E-state index >= 15 is 0 Å². The summed E-state index contributed by atoms with van der Waals surface area (Å²) < 4.78 is 0. The zero-order valence-electron chi connectivity index (χ0n) is 16.2. The summed E-state index contributed by atoms with van der Waals surface area (Å²) in [4.78, 5) is 28.3. The topological polar surface area (TPSA) is 71.0 Å². The Hall–Kier alpha value is -3.28. The lowest BCUT2D eigenvalue weighted by Gasteiger charge is -2.17. The highest BCUT2D eigenvalue weighted by Gasteiger charge is 2.37. The van der Waals surface area contributed by atoms with Gasteiger partial charge in [0.1, 0.15) is 11.6 Å². The molecule has 2 aliphatic rings. The fourth-order valence-corrected chi connectivity index (χ4v) is 3.80. The summed E-state index contributed by atoms with van der Waals surface area (Å²) in [6.45, 7) is 1.50. The number of likely N-dealkylation sites (tertiary alicyclic amines) is 1. The minimum absolute atomic E-state index is 0.158. The third kappa shape index (κ3) is 3.97. The van der Waals surface area contributed by atoms with Crippen molar-refractivity contribution in [3.8, 4) is 11.3 Å². The maximum atomic E-state index is 12.4. The normalized spacial score (nSPS) is 18.6. The van der Waals surface area contributed by atoms with Gasteiger partial charge >= 0.3 is 0 Å². The third-order valence-corrected chi connectivity index (χ3v) is 5.54. The Labute approximate surface area is 170 Å². The summed E-state index contributed by atoms with van der Waals surface area (Å²) in [6.07, 6.45) is 6.55. The van der Waals surface area contributed by atoms with Gasteiger partial charge in [0, 0.05) is 54.6 Å². The number of nitrogens with one attached hydrogen (secondary N) is 1. The van der Waals surface area contributed by atoms with Gasteiger partial charge in [-0.25, -0.2) is 9.97 Å². The lowest BCUT2D eigenvalue weighted by Crippen LogP contribution is -2.29. The van der Waals surface area contributed by atoms with Crippen LogP contribution in [0.3, 0.4) is 0 Å². The van der Waals surface area contributed by atoms with E-state index in [0.717, 1.165) is 54.4 Å². The van der Waals surface area contributed by atoms with E-state index in [9.17, 15) is 4.79 Å². The van der Waals surface area contributed by atoms with E-state index in [0.29, 0.717) is 12.5 Å². The van der Waals surface area contributed by atoms with Crippen molar-refractivity contribution in [2.45, 2.75) is 25.2 Å².